The molecule has 3 atom stereocenters. The standard InChI is InChI=1S/C15H17N3O2/c1-2-4-10(5-3-1)11-8-12(11)15-17-14(18-20-15)13-9-16-6-7-19-13/h1-5,11-13,16H,6-9H2. The van der Waals surface area contributed by atoms with E-state index in [1.165, 1.54) is 5.56 Å². The van der Waals surface area contributed by atoms with Crippen molar-refractivity contribution in [3.05, 3.63) is 47.6 Å². The molecule has 1 saturated heterocycles. The Morgan fingerprint density at radius 1 is 1.15 bits per heavy atom. The van der Waals surface area contributed by atoms with Gasteiger partial charge in [-0.25, -0.2) is 0 Å². The van der Waals surface area contributed by atoms with Crippen molar-refractivity contribution in [3.8, 4) is 0 Å². The van der Waals surface area contributed by atoms with Crippen LogP contribution in [0.15, 0.2) is 34.9 Å². The Balaban J connectivity index is 1.47. The van der Waals surface area contributed by atoms with Gasteiger partial charge in [0, 0.05) is 19.0 Å². The van der Waals surface area contributed by atoms with Gasteiger partial charge in [-0.15, -0.1) is 0 Å². The Kier molecular flexibility index (Phi) is 3.01. The van der Waals surface area contributed by atoms with Crippen molar-refractivity contribution in [1.29, 1.82) is 0 Å². The van der Waals surface area contributed by atoms with Gasteiger partial charge in [0.05, 0.1) is 6.61 Å². The number of nitrogens with zero attached hydrogens (tertiary/aromatic N) is 2. The molecule has 1 aliphatic heterocycles. The van der Waals surface area contributed by atoms with E-state index >= 15 is 0 Å². The maximum absolute atomic E-state index is 5.64. The van der Waals surface area contributed by atoms with Gasteiger partial charge >= 0.3 is 0 Å². The van der Waals surface area contributed by atoms with Crippen molar-refractivity contribution in [1.82, 2.24) is 15.5 Å². The smallest absolute Gasteiger partial charge is 0.230 e. The third kappa shape index (κ3) is 2.23. The van der Waals surface area contributed by atoms with Crippen molar-refractivity contribution < 1.29 is 9.26 Å². The van der Waals surface area contributed by atoms with E-state index in [-0.39, 0.29) is 6.10 Å². The molecule has 0 radical (unpaired) electrons. The number of morpholine rings is 1. The van der Waals surface area contributed by atoms with Crippen molar-refractivity contribution in [3.63, 3.8) is 0 Å². The summed E-state index contributed by atoms with van der Waals surface area (Å²) in [6, 6.07) is 10.5. The van der Waals surface area contributed by atoms with Gasteiger partial charge in [-0.2, -0.15) is 4.98 Å². The van der Waals surface area contributed by atoms with Crippen LogP contribution in [-0.2, 0) is 4.74 Å². The second-order valence-electron chi connectivity index (χ2n) is 5.41. The SMILES string of the molecule is c1ccc(C2CC2c2nc(C3CNCCO3)no2)cc1. The molecule has 104 valence electrons. The zero-order valence-corrected chi connectivity index (χ0v) is 11.2. The molecule has 3 unspecified atom stereocenters. The lowest BCUT2D eigenvalue weighted by molar-refractivity contribution is 0.0208. The molecule has 1 aromatic carbocycles. The molecule has 0 bridgehead atoms. The number of nitrogens with one attached hydrogen (secondary N) is 1. The van der Waals surface area contributed by atoms with Gasteiger partial charge in [-0.3, -0.25) is 0 Å². The van der Waals surface area contributed by atoms with Crippen LogP contribution in [0.5, 0.6) is 0 Å². The first-order valence-corrected chi connectivity index (χ1v) is 7.12. The topological polar surface area (TPSA) is 60.2 Å². The Hall–Kier alpha value is -1.72. The van der Waals surface area contributed by atoms with E-state index in [9.17, 15) is 0 Å². The highest BCUT2D eigenvalue weighted by Gasteiger charge is 2.44. The number of benzene rings is 1. The second kappa shape index (κ2) is 5.00. The van der Waals surface area contributed by atoms with Gasteiger partial charge in [0.15, 0.2) is 0 Å². The quantitative estimate of drug-likeness (QED) is 0.925. The molecule has 5 nitrogen and oxygen atoms in total. The first-order chi connectivity index (χ1) is 9.92. The fourth-order valence-electron chi connectivity index (χ4n) is 2.80. The van der Waals surface area contributed by atoms with Crippen molar-refractivity contribution in [2.45, 2.75) is 24.4 Å². The van der Waals surface area contributed by atoms with Gasteiger partial charge in [0.25, 0.3) is 0 Å². The molecule has 20 heavy (non-hydrogen) atoms. The number of hydrogen-bond acceptors (Lipinski definition) is 5. The molecule has 2 fully saturated rings. The summed E-state index contributed by atoms with van der Waals surface area (Å²) in [7, 11) is 0. The van der Waals surface area contributed by atoms with Crippen molar-refractivity contribution in [2.75, 3.05) is 19.7 Å². The summed E-state index contributed by atoms with van der Waals surface area (Å²) >= 11 is 0. The van der Waals surface area contributed by atoms with Gasteiger partial charge in [0.2, 0.25) is 11.7 Å². The van der Waals surface area contributed by atoms with Crippen LogP contribution in [0.2, 0.25) is 0 Å². The Morgan fingerprint density at radius 2 is 2.05 bits per heavy atom. The maximum atomic E-state index is 5.64. The lowest BCUT2D eigenvalue weighted by atomic mass is 10.1. The highest BCUT2D eigenvalue weighted by atomic mass is 16.5. The summed E-state index contributed by atoms with van der Waals surface area (Å²) in [5.41, 5.74) is 1.35. The molecule has 2 aromatic rings. The predicted octanol–water partition coefficient (Wildman–Crippen LogP) is 2.00. The average molecular weight is 271 g/mol. The van der Waals surface area contributed by atoms with Crippen LogP contribution >= 0.6 is 0 Å². The largest absolute Gasteiger partial charge is 0.367 e. The summed E-state index contributed by atoms with van der Waals surface area (Å²) in [6.45, 7) is 2.34. The van der Waals surface area contributed by atoms with Crippen molar-refractivity contribution in [2.24, 2.45) is 0 Å². The predicted molar refractivity (Wildman–Crippen MR) is 72.4 cm³/mol. The Bertz CT molecular complexity index is 578. The first kappa shape index (κ1) is 12.1. The third-order valence-corrected chi connectivity index (χ3v) is 4.01. The lowest BCUT2D eigenvalue weighted by Gasteiger charge is -2.20. The Morgan fingerprint density at radius 3 is 2.85 bits per heavy atom. The van der Waals surface area contributed by atoms with Crippen LogP contribution in [0.3, 0.4) is 0 Å². The molecular formula is C15H17N3O2. The van der Waals surface area contributed by atoms with E-state index in [0.717, 1.165) is 25.4 Å². The van der Waals surface area contributed by atoms with Crippen LogP contribution in [-0.4, -0.2) is 29.8 Å². The zero-order valence-electron chi connectivity index (χ0n) is 11.2. The molecule has 0 spiro atoms. The van der Waals surface area contributed by atoms with Crippen molar-refractivity contribution >= 4 is 0 Å². The van der Waals surface area contributed by atoms with Crippen LogP contribution in [0, 0.1) is 0 Å². The van der Waals surface area contributed by atoms with Gasteiger partial charge < -0.3 is 14.6 Å². The van der Waals surface area contributed by atoms with E-state index in [1.807, 2.05) is 6.07 Å². The van der Waals surface area contributed by atoms with E-state index < -0.39 is 0 Å². The summed E-state index contributed by atoms with van der Waals surface area (Å²) < 4.78 is 11.1. The molecule has 1 aliphatic carbocycles. The molecule has 1 aromatic heterocycles. The normalized spacial score (nSPS) is 29.3. The monoisotopic (exact) mass is 271 g/mol. The average Bonchev–Trinajstić information content (AvgIpc) is 3.18. The summed E-state index contributed by atoms with van der Waals surface area (Å²) in [5, 5.41) is 7.35. The number of rotatable bonds is 3. The number of aromatic nitrogens is 2. The number of ether oxygens (including phenoxy) is 1. The number of hydrogen-bond donors (Lipinski definition) is 1. The second-order valence-corrected chi connectivity index (χ2v) is 5.41. The molecule has 0 amide bonds. The van der Waals surface area contributed by atoms with Crippen LogP contribution in [0.1, 0.15) is 41.6 Å². The van der Waals surface area contributed by atoms with E-state index in [1.54, 1.807) is 0 Å². The summed E-state index contributed by atoms with van der Waals surface area (Å²) in [4.78, 5) is 4.53. The van der Waals surface area contributed by atoms with Crippen LogP contribution in [0.25, 0.3) is 0 Å². The molecule has 1 N–H and O–H groups in total. The van der Waals surface area contributed by atoms with E-state index in [0.29, 0.717) is 24.3 Å². The van der Waals surface area contributed by atoms with Gasteiger partial charge in [-0.05, 0) is 17.9 Å². The molecule has 5 heteroatoms. The molecular weight excluding hydrogens is 254 g/mol. The molecule has 4 rings (SSSR count). The minimum Gasteiger partial charge on any atom is -0.367 e. The van der Waals surface area contributed by atoms with Crippen LogP contribution in [0.4, 0.5) is 0 Å². The van der Waals surface area contributed by atoms with Gasteiger partial charge in [0.1, 0.15) is 6.10 Å². The minimum absolute atomic E-state index is 0.0739. The molecule has 1 saturated carbocycles. The fourth-order valence-corrected chi connectivity index (χ4v) is 2.80. The maximum Gasteiger partial charge on any atom is 0.230 e. The first-order valence-electron chi connectivity index (χ1n) is 7.12. The lowest BCUT2D eigenvalue weighted by Crippen LogP contribution is -2.33. The third-order valence-electron chi connectivity index (χ3n) is 4.01. The van der Waals surface area contributed by atoms with E-state index in [2.05, 4.69) is 39.7 Å². The van der Waals surface area contributed by atoms with Crippen LogP contribution < -0.4 is 5.32 Å². The highest BCUT2D eigenvalue weighted by molar-refractivity contribution is 5.30. The zero-order chi connectivity index (χ0) is 13.4. The minimum atomic E-state index is -0.0739. The van der Waals surface area contributed by atoms with Gasteiger partial charge in [-0.1, -0.05) is 35.5 Å². The Labute approximate surface area is 117 Å². The summed E-state index contributed by atoms with van der Waals surface area (Å²) in [6.07, 6.45) is 1.02. The highest BCUT2D eigenvalue weighted by Crippen LogP contribution is 2.54. The summed E-state index contributed by atoms with van der Waals surface area (Å²) in [5.74, 6) is 2.32. The molecule has 2 heterocycles. The molecule has 2 aliphatic rings. The fraction of sp³-hybridized carbons (Fsp3) is 0.467. The van der Waals surface area contributed by atoms with E-state index in [4.69, 9.17) is 9.26 Å².